The van der Waals surface area contributed by atoms with Crippen molar-refractivity contribution >= 4 is 39.9 Å². The summed E-state index contributed by atoms with van der Waals surface area (Å²) in [5.74, 6) is -1.09. The molecule has 0 saturated carbocycles. The minimum atomic E-state index is -1.04. The highest BCUT2D eigenvalue weighted by Crippen LogP contribution is 2.30. The van der Waals surface area contributed by atoms with Gasteiger partial charge in [0.15, 0.2) is 6.61 Å². The molecule has 0 aromatic heterocycles. The molecule has 0 aliphatic heterocycles. The van der Waals surface area contributed by atoms with Crippen molar-refractivity contribution in [3.63, 3.8) is 0 Å². The average Bonchev–Trinajstić information content (AvgIpc) is 2.65. The van der Waals surface area contributed by atoms with E-state index in [-0.39, 0.29) is 12.2 Å². The molecule has 1 amide bonds. The molecule has 0 radical (unpaired) electrons. The fraction of sp³-hybridized carbons (Fsp3) is 0.100. The zero-order chi connectivity index (χ0) is 19.4. The number of rotatable bonds is 7. The van der Waals surface area contributed by atoms with Crippen LogP contribution in [-0.4, -0.2) is 23.6 Å². The number of nitrogens with one attached hydrogen (secondary N) is 1. The van der Waals surface area contributed by atoms with E-state index >= 15 is 0 Å². The van der Waals surface area contributed by atoms with Gasteiger partial charge in [0.05, 0.1) is 16.3 Å². The van der Waals surface area contributed by atoms with Gasteiger partial charge in [-0.2, -0.15) is 0 Å². The lowest BCUT2D eigenvalue weighted by atomic mass is 10.0. The molecule has 6 nitrogen and oxygen atoms in total. The maximum Gasteiger partial charge on any atom is 0.335 e. The number of hydrogen-bond acceptors (Lipinski definition) is 4. The summed E-state index contributed by atoms with van der Waals surface area (Å²) in [6, 6.07) is 15.9. The van der Waals surface area contributed by atoms with E-state index in [0.29, 0.717) is 23.0 Å². The molecule has 27 heavy (non-hydrogen) atoms. The number of carboxylic acid groups (broad SMARTS) is 1. The highest BCUT2D eigenvalue weighted by atomic mass is 35.5. The third-order valence-electron chi connectivity index (χ3n) is 4.04. The molecule has 0 fully saturated rings. The topological polar surface area (TPSA) is 102 Å². The predicted octanol–water partition coefficient (Wildman–Crippen LogP) is 3.67. The fourth-order valence-corrected chi connectivity index (χ4v) is 2.94. The second-order valence-corrected chi connectivity index (χ2v) is 6.28. The molecule has 4 N–H and O–H groups in total. The first-order valence-electron chi connectivity index (χ1n) is 8.14. The van der Waals surface area contributed by atoms with Crippen molar-refractivity contribution < 1.29 is 19.4 Å². The molecule has 0 bridgehead atoms. The Labute approximate surface area is 160 Å². The Balaban J connectivity index is 1.95. The van der Waals surface area contributed by atoms with Gasteiger partial charge in [0.2, 0.25) is 0 Å². The molecule has 0 spiro atoms. The smallest absolute Gasteiger partial charge is 0.335 e. The van der Waals surface area contributed by atoms with Crippen molar-refractivity contribution in [1.82, 2.24) is 0 Å². The first-order chi connectivity index (χ1) is 13.0. The van der Waals surface area contributed by atoms with E-state index in [2.05, 4.69) is 5.32 Å². The van der Waals surface area contributed by atoms with Crippen LogP contribution in [0.1, 0.15) is 15.9 Å². The zero-order valence-corrected chi connectivity index (χ0v) is 15.0. The standard InChI is InChI=1S/C20H17ClN2O4/c21-16-7-5-13(20(25)26)9-17(16)23-10-15-14-4-2-1-3-12(14)6-8-18(15)27-11-19(22)24/h1-9,23H,10-11H2,(H2,22,24)(H,25,26). The molecular weight excluding hydrogens is 368 g/mol. The van der Waals surface area contributed by atoms with E-state index in [9.17, 15) is 9.59 Å². The van der Waals surface area contributed by atoms with E-state index in [1.165, 1.54) is 18.2 Å². The maximum absolute atomic E-state index is 11.2. The molecule has 3 aromatic rings. The van der Waals surface area contributed by atoms with Crippen molar-refractivity contribution in [2.45, 2.75) is 6.54 Å². The Bertz CT molecular complexity index is 1020. The molecule has 3 aromatic carbocycles. The fourth-order valence-electron chi connectivity index (χ4n) is 2.76. The van der Waals surface area contributed by atoms with Crippen LogP contribution in [0, 0.1) is 0 Å². The van der Waals surface area contributed by atoms with Gasteiger partial charge >= 0.3 is 5.97 Å². The van der Waals surface area contributed by atoms with Gasteiger partial charge in [0.1, 0.15) is 5.75 Å². The van der Waals surface area contributed by atoms with E-state index in [1.807, 2.05) is 30.3 Å². The number of carbonyl (C=O) groups excluding carboxylic acids is 1. The monoisotopic (exact) mass is 384 g/mol. The number of anilines is 1. The maximum atomic E-state index is 11.2. The summed E-state index contributed by atoms with van der Waals surface area (Å²) in [6.07, 6.45) is 0. The molecule has 0 heterocycles. The molecule has 7 heteroatoms. The lowest BCUT2D eigenvalue weighted by molar-refractivity contribution is -0.119. The second-order valence-electron chi connectivity index (χ2n) is 5.87. The van der Waals surface area contributed by atoms with Gasteiger partial charge in [-0.1, -0.05) is 41.9 Å². The molecule has 138 valence electrons. The number of aromatic carboxylic acids is 1. The van der Waals surface area contributed by atoms with Crippen LogP contribution in [0.5, 0.6) is 5.75 Å². The summed E-state index contributed by atoms with van der Waals surface area (Å²) in [5.41, 5.74) is 6.61. The van der Waals surface area contributed by atoms with E-state index in [0.717, 1.165) is 16.3 Å². The van der Waals surface area contributed by atoms with Crippen molar-refractivity contribution in [3.05, 3.63) is 70.7 Å². The summed E-state index contributed by atoms with van der Waals surface area (Å²) >= 11 is 6.18. The summed E-state index contributed by atoms with van der Waals surface area (Å²) in [4.78, 5) is 22.3. The van der Waals surface area contributed by atoms with Gasteiger partial charge < -0.3 is 20.9 Å². The zero-order valence-electron chi connectivity index (χ0n) is 14.2. The second kappa shape index (κ2) is 7.97. The number of hydrogen-bond donors (Lipinski definition) is 3. The highest BCUT2D eigenvalue weighted by molar-refractivity contribution is 6.33. The molecule has 0 aliphatic rings. The van der Waals surface area contributed by atoms with Crippen LogP contribution in [0.25, 0.3) is 10.8 Å². The van der Waals surface area contributed by atoms with Gasteiger partial charge in [0.25, 0.3) is 5.91 Å². The summed E-state index contributed by atoms with van der Waals surface area (Å²) in [7, 11) is 0. The average molecular weight is 385 g/mol. The largest absolute Gasteiger partial charge is 0.483 e. The highest BCUT2D eigenvalue weighted by Gasteiger charge is 2.12. The Morgan fingerprint density at radius 2 is 1.89 bits per heavy atom. The lowest BCUT2D eigenvalue weighted by Gasteiger charge is -2.16. The first kappa shape index (κ1) is 18.5. The third-order valence-corrected chi connectivity index (χ3v) is 4.37. The van der Waals surface area contributed by atoms with Crippen molar-refractivity contribution in [3.8, 4) is 5.75 Å². The minimum Gasteiger partial charge on any atom is -0.483 e. The van der Waals surface area contributed by atoms with Gasteiger partial charge in [-0.3, -0.25) is 4.79 Å². The Hall–Kier alpha value is -3.25. The number of primary amides is 1. The van der Waals surface area contributed by atoms with Gasteiger partial charge in [-0.25, -0.2) is 4.79 Å². The van der Waals surface area contributed by atoms with E-state index in [1.54, 1.807) is 6.07 Å². The summed E-state index contributed by atoms with van der Waals surface area (Å²) in [5, 5.41) is 14.7. The van der Waals surface area contributed by atoms with Gasteiger partial charge in [-0.05, 0) is 35.0 Å². The predicted molar refractivity (Wildman–Crippen MR) is 104 cm³/mol. The molecule has 0 atom stereocenters. The van der Waals surface area contributed by atoms with Crippen LogP contribution in [0.3, 0.4) is 0 Å². The molecule has 0 aliphatic carbocycles. The van der Waals surface area contributed by atoms with E-state index in [4.69, 9.17) is 27.2 Å². The van der Waals surface area contributed by atoms with E-state index < -0.39 is 11.9 Å². The Morgan fingerprint density at radius 3 is 2.63 bits per heavy atom. The SMILES string of the molecule is NC(=O)COc1ccc2ccccc2c1CNc1cc(C(=O)O)ccc1Cl. The summed E-state index contributed by atoms with van der Waals surface area (Å²) in [6.45, 7) is 0.0822. The minimum absolute atomic E-state index is 0.130. The third kappa shape index (κ3) is 4.30. The van der Waals surface area contributed by atoms with Crippen molar-refractivity contribution in [2.75, 3.05) is 11.9 Å². The van der Waals surface area contributed by atoms with Crippen LogP contribution >= 0.6 is 11.6 Å². The molecule has 3 rings (SSSR count). The number of amides is 1. The number of ether oxygens (including phenoxy) is 1. The van der Waals surface area contributed by atoms with Crippen LogP contribution in [0.4, 0.5) is 5.69 Å². The number of carbonyl (C=O) groups is 2. The number of fused-ring (bicyclic) bond motifs is 1. The number of nitrogens with two attached hydrogens (primary N) is 1. The number of halogens is 1. The van der Waals surface area contributed by atoms with Crippen molar-refractivity contribution in [1.29, 1.82) is 0 Å². The Morgan fingerprint density at radius 1 is 1.11 bits per heavy atom. The van der Waals surface area contributed by atoms with Gasteiger partial charge in [-0.15, -0.1) is 0 Å². The summed E-state index contributed by atoms with van der Waals surface area (Å²) < 4.78 is 5.55. The van der Waals surface area contributed by atoms with Crippen LogP contribution < -0.4 is 15.8 Å². The molecular formula is C20H17ClN2O4. The quantitative estimate of drug-likeness (QED) is 0.577. The number of carboxylic acids is 1. The number of benzene rings is 3. The lowest BCUT2D eigenvalue weighted by Crippen LogP contribution is -2.20. The van der Waals surface area contributed by atoms with Gasteiger partial charge in [0, 0.05) is 12.1 Å². The molecule has 0 saturated heterocycles. The molecule has 0 unspecified atom stereocenters. The van der Waals surface area contributed by atoms with Crippen molar-refractivity contribution in [2.24, 2.45) is 5.73 Å². The van der Waals surface area contributed by atoms with Crippen LogP contribution in [0.2, 0.25) is 5.02 Å². The van der Waals surface area contributed by atoms with Crippen LogP contribution in [0.15, 0.2) is 54.6 Å². The Kier molecular flexibility index (Phi) is 5.47. The first-order valence-corrected chi connectivity index (χ1v) is 8.52. The normalized spacial score (nSPS) is 10.6. The van der Waals surface area contributed by atoms with Crippen LogP contribution in [-0.2, 0) is 11.3 Å².